The molecule has 0 spiro atoms. The highest BCUT2D eigenvalue weighted by Gasteiger charge is 2.26. The third-order valence-electron chi connectivity index (χ3n) is 5.13. The van der Waals surface area contributed by atoms with Crippen LogP contribution in [-0.2, 0) is 11.2 Å². The summed E-state index contributed by atoms with van der Waals surface area (Å²) in [6.45, 7) is 1.28. The number of fused-ring (bicyclic) bond motifs is 1. The second-order valence-corrected chi connectivity index (χ2v) is 7.73. The Balaban J connectivity index is 1.55. The Bertz CT molecular complexity index is 1050. The number of rotatable bonds is 3. The monoisotopic (exact) mass is 425 g/mol. The number of likely N-dealkylation sites (tertiary alicyclic amines) is 1. The molecule has 4 rings (SSSR count). The molecule has 1 aliphatic heterocycles. The molecule has 138 valence electrons. The van der Waals surface area contributed by atoms with Gasteiger partial charge in [0.1, 0.15) is 0 Å². The van der Waals surface area contributed by atoms with Crippen LogP contribution in [0, 0.1) is 0 Å². The number of carbonyl (C=O) groups excluding carboxylic acids is 1. The number of piperidine rings is 1. The Hall–Kier alpha value is -2.47. The minimum Gasteiger partial charge on any atom is -0.340 e. The molecule has 2 aromatic carbocycles. The van der Waals surface area contributed by atoms with Crippen LogP contribution in [0.15, 0.2) is 64.1 Å². The van der Waals surface area contributed by atoms with Crippen LogP contribution in [0.2, 0.25) is 0 Å². The van der Waals surface area contributed by atoms with Crippen LogP contribution < -0.4 is 5.56 Å². The molecule has 27 heavy (non-hydrogen) atoms. The molecule has 0 aliphatic carbocycles. The van der Waals surface area contributed by atoms with E-state index in [4.69, 9.17) is 0 Å². The number of halogens is 1. The summed E-state index contributed by atoms with van der Waals surface area (Å²) < 4.78 is 2.64. The molecule has 0 N–H and O–H groups in total. The topological polar surface area (TPSA) is 55.2 Å². The minimum absolute atomic E-state index is 0.0356. The van der Waals surface area contributed by atoms with Crippen LogP contribution >= 0.6 is 15.9 Å². The Morgan fingerprint density at radius 1 is 1.15 bits per heavy atom. The van der Waals surface area contributed by atoms with Gasteiger partial charge in [0.25, 0.3) is 5.56 Å². The lowest BCUT2D eigenvalue weighted by Crippen LogP contribution is -2.43. The van der Waals surface area contributed by atoms with Crippen LogP contribution in [0.1, 0.15) is 24.4 Å². The summed E-state index contributed by atoms with van der Waals surface area (Å²) in [5.41, 5.74) is 1.65. The zero-order valence-electron chi connectivity index (χ0n) is 14.8. The summed E-state index contributed by atoms with van der Waals surface area (Å²) >= 11 is 3.51. The van der Waals surface area contributed by atoms with Crippen molar-refractivity contribution in [3.8, 4) is 0 Å². The van der Waals surface area contributed by atoms with Gasteiger partial charge in [0, 0.05) is 17.6 Å². The molecule has 1 aliphatic rings. The molecule has 0 radical (unpaired) electrons. The normalized spacial score (nSPS) is 17.2. The van der Waals surface area contributed by atoms with E-state index in [1.165, 1.54) is 0 Å². The molecule has 1 atom stereocenters. The SMILES string of the molecule is O=C(Cc1ccccc1Br)N1CCC[C@@H](n2cnc3ccccc3c2=O)C1. The third kappa shape index (κ3) is 3.67. The number of hydrogen-bond acceptors (Lipinski definition) is 3. The van der Waals surface area contributed by atoms with Gasteiger partial charge in [0.2, 0.25) is 5.91 Å². The summed E-state index contributed by atoms with van der Waals surface area (Å²) in [5.74, 6) is 0.0911. The molecule has 0 saturated carbocycles. The number of hydrogen-bond donors (Lipinski definition) is 0. The van der Waals surface area contributed by atoms with Gasteiger partial charge in [-0.05, 0) is 36.6 Å². The molecule has 3 aromatic rings. The number of nitrogens with zero attached hydrogens (tertiary/aromatic N) is 3. The predicted molar refractivity (Wildman–Crippen MR) is 109 cm³/mol. The zero-order valence-corrected chi connectivity index (χ0v) is 16.4. The van der Waals surface area contributed by atoms with Crippen molar-refractivity contribution in [1.29, 1.82) is 0 Å². The van der Waals surface area contributed by atoms with Crippen LogP contribution in [0.25, 0.3) is 10.9 Å². The fourth-order valence-electron chi connectivity index (χ4n) is 3.67. The van der Waals surface area contributed by atoms with Crippen molar-refractivity contribution in [3.05, 3.63) is 75.2 Å². The third-order valence-corrected chi connectivity index (χ3v) is 5.91. The van der Waals surface area contributed by atoms with E-state index in [-0.39, 0.29) is 17.5 Å². The highest BCUT2D eigenvalue weighted by Crippen LogP contribution is 2.23. The Kier molecular flexibility index (Phi) is 5.07. The Labute approximate surface area is 165 Å². The van der Waals surface area contributed by atoms with Gasteiger partial charge in [-0.25, -0.2) is 4.98 Å². The minimum atomic E-state index is -0.0364. The van der Waals surface area contributed by atoms with Gasteiger partial charge in [-0.15, -0.1) is 0 Å². The van der Waals surface area contributed by atoms with Crippen LogP contribution in [-0.4, -0.2) is 33.4 Å². The van der Waals surface area contributed by atoms with Gasteiger partial charge < -0.3 is 4.90 Å². The summed E-state index contributed by atoms with van der Waals surface area (Å²) in [7, 11) is 0. The fraction of sp³-hybridized carbons (Fsp3) is 0.286. The molecule has 1 aromatic heterocycles. The van der Waals surface area contributed by atoms with Crippen molar-refractivity contribution in [2.24, 2.45) is 0 Å². The summed E-state index contributed by atoms with van der Waals surface area (Å²) in [5, 5.41) is 0.622. The quantitative estimate of drug-likeness (QED) is 0.644. The standard InChI is InChI=1S/C21H20BrN3O2/c22-18-9-3-1-6-15(18)12-20(26)24-11-5-7-16(13-24)25-14-23-19-10-4-2-8-17(19)21(25)27/h1-4,6,8-10,14,16H,5,7,11-13H2/t16-/m1/s1. The van der Waals surface area contributed by atoms with E-state index in [1.807, 2.05) is 47.4 Å². The van der Waals surface area contributed by atoms with E-state index < -0.39 is 0 Å². The largest absolute Gasteiger partial charge is 0.340 e. The van der Waals surface area contributed by atoms with Gasteiger partial charge >= 0.3 is 0 Å². The highest BCUT2D eigenvalue weighted by atomic mass is 79.9. The number of benzene rings is 2. The molecule has 1 fully saturated rings. The maximum Gasteiger partial charge on any atom is 0.261 e. The molecular weight excluding hydrogens is 406 g/mol. The molecule has 0 bridgehead atoms. The lowest BCUT2D eigenvalue weighted by atomic mass is 10.0. The highest BCUT2D eigenvalue weighted by molar-refractivity contribution is 9.10. The number of aromatic nitrogens is 2. The second kappa shape index (κ2) is 7.64. The molecule has 6 heteroatoms. The Morgan fingerprint density at radius 2 is 1.93 bits per heavy atom. The van der Waals surface area contributed by atoms with Crippen molar-refractivity contribution >= 4 is 32.7 Å². The van der Waals surface area contributed by atoms with Crippen molar-refractivity contribution < 1.29 is 4.79 Å². The summed E-state index contributed by atoms with van der Waals surface area (Å²) in [6.07, 6.45) is 3.74. The first-order chi connectivity index (χ1) is 13.1. The molecule has 1 amide bonds. The smallest absolute Gasteiger partial charge is 0.261 e. The van der Waals surface area contributed by atoms with Crippen molar-refractivity contribution in [2.45, 2.75) is 25.3 Å². The molecule has 1 saturated heterocycles. The number of carbonyl (C=O) groups is 1. The average molecular weight is 426 g/mol. The molecule has 0 unspecified atom stereocenters. The number of para-hydroxylation sites is 1. The van der Waals surface area contributed by atoms with E-state index in [0.29, 0.717) is 23.9 Å². The molecular formula is C21H20BrN3O2. The van der Waals surface area contributed by atoms with Crippen molar-refractivity contribution in [1.82, 2.24) is 14.5 Å². The van der Waals surface area contributed by atoms with Gasteiger partial charge in [0.15, 0.2) is 0 Å². The van der Waals surface area contributed by atoms with E-state index >= 15 is 0 Å². The van der Waals surface area contributed by atoms with Gasteiger partial charge in [-0.1, -0.05) is 46.3 Å². The van der Waals surface area contributed by atoms with E-state index in [2.05, 4.69) is 20.9 Å². The molecule has 5 nitrogen and oxygen atoms in total. The van der Waals surface area contributed by atoms with Crippen molar-refractivity contribution in [3.63, 3.8) is 0 Å². The Morgan fingerprint density at radius 3 is 2.78 bits per heavy atom. The maximum atomic E-state index is 12.9. The van der Waals surface area contributed by atoms with Crippen molar-refractivity contribution in [2.75, 3.05) is 13.1 Å². The van der Waals surface area contributed by atoms with Gasteiger partial charge in [0.05, 0.1) is 29.7 Å². The van der Waals surface area contributed by atoms with E-state index in [9.17, 15) is 9.59 Å². The average Bonchev–Trinajstić information content (AvgIpc) is 2.70. The molecule has 2 heterocycles. The lowest BCUT2D eigenvalue weighted by Gasteiger charge is -2.33. The van der Waals surface area contributed by atoms with Crippen LogP contribution in [0.4, 0.5) is 0 Å². The maximum absolute atomic E-state index is 12.9. The summed E-state index contributed by atoms with van der Waals surface area (Å²) in [6, 6.07) is 15.1. The second-order valence-electron chi connectivity index (χ2n) is 6.88. The van der Waals surface area contributed by atoms with Crippen LogP contribution in [0.5, 0.6) is 0 Å². The first-order valence-electron chi connectivity index (χ1n) is 9.10. The van der Waals surface area contributed by atoms with Gasteiger partial charge in [-0.3, -0.25) is 14.2 Å². The fourth-order valence-corrected chi connectivity index (χ4v) is 4.09. The van der Waals surface area contributed by atoms with E-state index in [0.717, 1.165) is 29.4 Å². The zero-order chi connectivity index (χ0) is 18.8. The first kappa shape index (κ1) is 17.9. The predicted octanol–water partition coefficient (Wildman–Crippen LogP) is 3.57. The van der Waals surface area contributed by atoms with E-state index in [1.54, 1.807) is 17.0 Å². The van der Waals surface area contributed by atoms with Gasteiger partial charge in [-0.2, -0.15) is 0 Å². The first-order valence-corrected chi connectivity index (χ1v) is 9.90. The lowest BCUT2D eigenvalue weighted by molar-refractivity contribution is -0.132. The van der Waals surface area contributed by atoms with Crippen LogP contribution in [0.3, 0.4) is 0 Å². The number of amides is 1. The summed E-state index contributed by atoms with van der Waals surface area (Å²) in [4.78, 5) is 31.9.